The van der Waals surface area contributed by atoms with Crippen molar-refractivity contribution >= 4 is 11.3 Å². The van der Waals surface area contributed by atoms with Gasteiger partial charge < -0.3 is 10.5 Å². The minimum absolute atomic E-state index is 0.190. The lowest BCUT2D eigenvalue weighted by atomic mass is 9.81. The summed E-state index contributed by atoms with van der Waals surface area (Å²) in [6.45, 7) is 2.64. The molecule has 3 nitrogen and oxygen atoms in total. The van der Waals surface area contributed by atoms with Gasteiger partial charge in [-0.1, -0.05) is 30.6 Å². The van der Waals surface area contributed by atoms with Crippen LogP contribution in [0.25, 0.3) is 0 Å². The summed E-state index contributed by atoms with van der Waals surface area (Å²) in [6.07, 6.45) is 5.86. The Morgan fingerprint density at radius 3 is 2.87 bits per heavy atom. The molecule has 84 valence electrons. The van der Waals surface area contributed by atoms with Crippen LogP contribution in [0.2, 0.25) is 0 Å². The Morgan fingerprint density at radius 2 is 2.20 bits per heavy atom. The number of nitrogens with zero attached hydrogens (tertiary/aromatic N) is 1. The summed E-state index contributed by atoms with van der Waals surface area (Å²) in [5.41, 5.74) is 7.21. The molecule has 0 unspecified atom stereocenters. The van der Waals surface area contributed by atoms with Crippen LogP contribution in [0.15, 0.2) is 5.38 Å². The van der Waals surface area contributed by atoms with E-state index in [1.165, 1.54) is 19.3 Å². The molecule has 1 aliphatic carbocycles. The molecule has 0 bridgehead atoms. The van der Waals surface area contributed by atoms with Crippen molar-refractivity contribution in [2.24, 2.45) is 5.73 Å². The third kappa shape index (κ3) is 2.32. The highest BCUT2D eigenvalue weighted by molar-refractivity contribution is 7.11. The molecule has 1 fully saturated rings. The van der Waals surface area contributed by atoms with Gasteiger partial charge >= 0.3 is 0 Å². The van der Waals surface area contributed by atoms with Gasteiger partial charge in [-0.15, -0.1) is 0 Å². The molecule has 0 spiro atoms. The van der Waals surface area contributed by atoms with Crippen LogP contribution in [0, 0.1) is 0 Å². The van der Waals surface area contributed by atoms with E-state index < -0.39 is 0 Å². The van der Waals surface area contributed by atoms with E-state index >= 15 is 0 Å². The largest absolute Gasteiger partial charge is 0.470 e. The number of nitrogens with two attached hydrogens (primary N) is 1. The van der Waals surface area contributed by atoms with E-state index in [0.717, 1.165) is 23.7 Å². The Morgan fingerprint density at radius 1 is 1.47 bits per heavy atom. The summed E-state index contributed by atoms with van der Waals surface area (Å²) in [7, 11) is 0. The molecule has 0 atom stereocenters. The molecule has 0 aliphatic heterocycles. The molecule has 0 aromatic carbocycles. The van der Waals surface area contributed by atoms with Crippen molar-refractivity contribution in [2.45, 2.75) is 44.6 Å². The van der Waals surface area contributed by atoms with Crippen molar-refractivity contribution in [3.63, 3.8) is 0 Å². The van der Waals surface area contributed by atoms with Crippen LogP contribution in [-0.2, 0) is 5.54 Å². The molecule has 0 saturated heterocycles. The second kappa shape index (κ2) is 4.49. The Labute approximate surface area is 94.7 Å². The zero-order valence-corrected chi connectivity index (χ0v) is 9.98. The smallest absolute Gasteiger partial charge is 0.273 e. The molecule has 1 heterocycles. The van der Waals surface area contributed by atoms with E-state index in [1.54, 1.807) is 11.3 Å². The minimum atomic E-state index is -0.190. The topological polar surface area (TPSA) is 48.1 Å². The molecule has 2 N–H and O–H groups in total. The fourth-order valence-electron chi connectivity index (χ4n) is 2.11. The van der Waals surface area contributed by atoms with Crippen LogP contribution in [0.4, 0.5) is 0 Å². The quantitative estimate of drug-likeness (QED) is 0.862. The highest BCUT2D eigenvalue weighted by Crippen LogP contribution is 2.36. The summed E-state index contributed by atoms with van der Waals surface area (Å²) in [5.74, 6) is 0. The fraction of sp³-hybridized carbons (Fsp3) is 0.727. The van der Waals surface area contributed by atoms with Crippen molar-refractivity contribution in [1.82, 2.24) is 4.98 Å². The number of thiazole rings is 1. The van der Waals surface area contributed by atoms with E-state index in [1.807, 2.05) is 6.92 Å². The first kappa shape index (κ1) is 10.9. The highest BCUT2D eigenvalue weighted by Gasteiger charge is 2.31. The third-order valence-corrected chi connectivity index (χ3v) is 3.76. The van der Waals surface area contributed by atoms with Crippen LogP contribution < -0.4 is 10.5 Å². The zero-order valence-electron chi connectivity index (χ0n) is 9.16. The van der Waals surface area contributed by atoms with Gasteiger partial charge in [-0.25, -0.2) is 4.98 Å². The van der Waals surface area contributed by atoms with Crippen molar-refractivity contribution in [2.75, 3.05) is 6.61 Å². The van der Waals surface area contributed by atoms with Crippen LogP contribution >= 0.6 is 11.3 Å². The van der Waals surface area contributed by atoms with Gasteiger partial charge in [0.1, 0.15) is 0 Å². The maximum atomic E-state index is 6.38. The van der Waals surface area contributed by atoms with E-state index in [2.05, 4.69) is 10.4 Å². The molecule has 2 rings (SSSR count). The van der Waals surface area contributed by atoms with Gasteiger partial charge in [0.25, 0.3) is 5.19 Å². The standard InChI is InChI=1S/C11H18N2OS/c1-2-14-10-13-9(8-15-10)11(12)6-4-3-5-7-11/h8H,2-7,12H2,1H3. The Hall–Kier alpha value is -0.610. The molecule has 4 heteroatoms. The van der Waals surface area contributed by atoms with Crippen LogP contribution in [-0.4, -0.2) is 11.6 Å². The normalized spacial score (nSPS) is 20.1. The van der Waals surface area contributed by atoms with Crippen LogP contribution in [0.3, 0.4) is 0 Å². The summed E-state index contributed by atoms with van der Waals surface area (Å²) in [6, 6.07) is 0. The van der Waals surface area contributed by atoms with Gasteiger partial charge in [0, 0.05) is 5.38 Å². The summed E-state index contributed by atoms with van der Waals surface area (Å²) >= 11 is 1.55. The Bertz CT molecular complexity index is 318. The van der Waals surface area contributed by atoms with Gasteiger partial charge in [0.2, 0.25) is 0 Å². The van der Waals surface area contributed by atoms with Gasteiger partial charge in [-0.2, -0.15) is 0 Å². The molecular weight excluding hydrogens is 208 g/mol. The number of hydrogen-bond donors (Lipinski definition) is 1. The first-order valence-corrected chi connectivity index (χ1v) is 6.50. The second-order valence-corrected chi connectivity index (χ2v) is 4.97. The number of hydrogen-bond acceptors (Lipinski definition) is 4. The number of rotatable bonds is 3. The molecule has 0 radical (unpaired) electrons. The van der Waals surface area contributed by atoms with Gasteiger partial charge in [-0.3, -0.25) is 0 Å². The predicted octanol–water partition coefficient (Wildman–Crippen LogP) is 2.66. The first-order valence-electron chi connectivity index (χ1n) is 5.62. The molecule has 15 heavy (non-hydrogen) atoms. The maximum absolute atomic E-state index is 6.38. The SMILES string of the molecule is CCOc1nc(C2(N)CCCCC2)cs1. The second-order valence-electron chi connectivity index (χ2n) is 4.15. The van der Waals surface area contributed by atoms with Crippen molar-refractivity contribution in [1.29, 1.82) is 0 Å². The van der Waals surface area contributed by atoms with Gasteiger partial charge in [0.15, 0.2) is 0 Å². The number of ether oxygens (including phenoxy) is 1. The molecule has 1 aromatic rings. The highest BCUT2D eigenvalue weighted by atomic mass is 32.1. The fourth-order valence-corrected chi connectivity index (χ4v) is 2.95. The van der Waals surface area contributed by atoms with E-state index in [9.17, 15) is 0 Å². The summed E-state index contributed by atoms with van der Waals surface area (Å²) < 4.78 is 5.37. The van der Waals surface area contributed by atoms with E-state index in [0.29, 0.717) is 6.61 Å². The maximum Gasteiger partial charge on any atom is 0.273 e. The van der Waals surface area contributed by atoms with E-state index in [-0.39, 0.29) is 5.54 Å². The summed E-state index contributed by atoms with van der Waals surface area (Å²) in [4.78, 5) is 4.47. The van der Waals surface area contributed by atoms with Gasteiger partial charge in [-0.05, 0) is 19.8 Å². The number of aromatic nitrogens is 1. The third-order valence-electron chi connectivity index (χ3n) is 3.01. The lowest BCUT2D eigenvalue weighted by Gasteiger charge is -2.31. The average Bonchev–Trinajstić information content (AvgIpc) is 2.69. The van der Waals surface area contributed by atoms with E-state index in [4.69, 9.17) is 10.5 Å². The molecule has 1 aliphatic rings. The predicted molar refractivity (Wildman–Crippen MR) is 62.2 cm³/mol. The average molecular weight is 226 g/mol. The minimum Gasteiger partial charge on any atom is -0.470 e. The van der Waals surface area contributed by atoms with Crippen molar-refractivity contribution in [3.8, 4) is 5.19 Å². The zero-order chi connectivity index (χ0) is 10.7. The monoisotopic (exact) mass is 226 g/mol. The van der Waals surface area contributed by atoms with Crippen LogP contribution in [0.5, 0.6) is 5.19 Å². The Balaban J connectivity index is 2.12. The van der Waals surface area contributed by atoms with Crippen LogP contribution in [0.1, 0.15) is 44.7 Å². The van der Waals surface area contributed by atoms with Gasteiger partial charge in [0.05, 0.1) is 17.8 Å². The summed E-state index contributed by atoms with van der Waals surface area (Å²) in [5, 5.41) is 2.80. The lowest BCUT2D eigenvalue weighted by Crippen LogP contribution is -2.38. The molecule has 1 aromatic heterocycles. The Kier molecular flexibility index (Phi) is 3.26. The molecule has 1 saturated carbocycles. The lowest BCUT2D eigenvalue weighted by molar-refractivity contribution is 0.289. The molecule has 0 amide bonds. The first-order chi connectivity index (χ1) is 7.24. The van der Waals surface area contributed by atoms with Crippen molar-refractivity contribution in [3.05, 3.63) is 11.1 Å². The van der Waals surface area contributed by atoms with Crippen molar-refractivity contribution < 1.29 is 4.74 Å². The molecular formula is C11H18N2OS.